The second-order valence-corrected chi connectivity index (χ2v) is 4.56. The molecule has 1 N–H and O–H groups in total. The van der Waals surface area contributed by atoms with Crippen LogP contribution in [0.3, 0.4) is 0 Å². The van der Waals surface area contributed by atoms with Gasteiger partial charge in [-0.25, -0.2) is 4.79 Å². The minimum absolute atomic E-state index is 0.0930. The van der Waals surface area contributed by atoms with Gasteiger partial charge < -0.3 is 19.0 Å². The zero-order valence-corrected chi connectivity index (χ0v) is 10.3. The highest BCUT2D eigenvalue weighted by molar-refractivity contribution is 5.95. The van der Waals surface area contributed by atoms with Gasteiger partial charge in [-0.2, -0.15) is 0 Å². The van der Waals surface area contributed by atoms with Crippen molar-refractivity contribution in [2.45, 2.75) is 18.9 Å². The van der Waals surface area contributed by atoms with Crippen LogP contribution in [0.5, 0.6) is 5.75 Å². The van der Waals surface area contributed by atoms with E-state index in [4.69, 9.17) is 19.0 Å². The van der Waals surface area contributed by atoms with Crippen LogP contribution in [0, 0.1) is 0 Å². The quantitative estimate of drug-likeness (QED) is 0.917. The van der Waals surface area contributed by atoms with E-state index in [0.29, 0.717) is 17.9 Å². The molecule has 1 aliphatic heterocycles. The van der Waals surface area contributed by atoms with Crippen LogP contribution in [-0.4, -0.2) is 30.4 Å². The molecule has 0 saturated carbocycles. The Bertz CT molecular complexity index is 595. The van der Waals surface area contributed by atoms with Gasteiger partial charge in [-0.3, -0.25) is 0 Å². The lowest BCUT2D eigenvalue weighted by Crippen LogP contribution is -2.16. The van der Waals surface area contributed by atoms with E-state index in [0.717, 1.165) is 24.8 Å². The van der Waals surface area contributed by atoms with Crippen molar-refractivity contribution in [2.24, 2.45) is 0 Å². The fraction of sp³-hybridized carbons (Fsp3) is 0.357. The average Bonchev–Trinajstić information content (AvgIpc) is 3.06. The van der Waals surface area contributed by atoms with Crippen molar-refractivity contribution in [3.8, 4) is 5.75 Å². The van der Waals surface area contributed by atoms with Crippen LogP contribution in [0.15, 0.2) is 28.9 Å². The summed E-state index contributed by atoms with van der Waals surface area (Å²) in [5, 5.41) is 9.84. The van der Waals surface area contributed by atoms with Gasteiger partial charge in [0.05, 0.1) is 23.3 Å². The Hall–Kier alpha value is -2.01. The van der Waals surface area contributed by atoms with Gasteiger partial charge in [0.15, 0.2) is 0 Å². The van der Waals surface area contributed by atoms with E-state index in [1.807, 2.05) is 0 Å². The van der Waals surface area contributed by atoms with Crippen molar-refractivity contribution in [3.63, 3.8) is 0 Å². The van der Waals surface area contributed by atoms with E-state index in [9.17, 15) is 4.79 Å². The molecule has 5 nitrogen and oxygen atoms in total. The Morgan fingerprint density at radius 1 is 1.47 bits per heavy atom. The third-order valence-corrected chi connectivity index (χ3v) is 3.23. The van der Waals surface area contributed by atoms with E-state index in [1.165, 1.54) is 18.4 Å². The number of fused-ring (bicyclic) bond motifs is 1. The molecule has 0 spiro atoms. The largest absolute Gasteiger partial charge is 0.490 e. The lowest BCUT2D eigenvalue weighted by Gasteiger charge is -2.12. The Labute approximate surface area is 109 Å². The van der Waals surface area contributed by atoms with Crippen LogP contribution in [0.1, 0.15) is 23.2 Å². The number of rotatable bonds is 4. The molecule has 1 aromatic carbocycles. The molecule has 5 heteroatoms. The van der Waals surface area contributed by atoms with Crippen molar-refractivity contribution in [3.05, 3.63) is 30.0 Å². The Balaban J connectivity index is 1.87. The number of ether oxygens (including phenoxy) is 2. The first-order chi connectivity index (χ1) is 9.24. The second-order valence-electron chi connectivity index (χ2n) is 4.56. The molecule has 1 atom stereocenters. The standard InChI is InChI=1S/C14H14O5/c15-14(16)9-6-12-11(3-5-18-12)13(7-9)19-8-10-2-1-4-17-10/h3,5-7,10H,1-2,4,8H2,(H,15,16). The van der Waals surface area contributed by atoms with Crippen LogP contribution in [0.4, 0.5) is 0 Å². The highest BCUT2D eigenvalue weighted by atomic mass is 16.5. The van der Waals surface area contributed by atoms with E-state index >= 15 is 0 Å². The summed E-state index contributed by atoms with van der Waals surface area (Å²) >= 11 is 0. The fourth-order valence-electron chi connectivity index (χ4n) is 2.24. The van der Waals surface area contributed by atoms with E-state index in [2.05, 4.69) is 0 Å². The Kier molecular flexibility index (Phi) is 3.13. The zero-order valence-electron chi connectivity index (χ0n) is 10.3. The summed E-state index contributed by atoms with van der Waals surface area (Å²) in [7, 11) is 0. The number of hydrogen-bond acceptors (Lipinski definition) is 4. The second kappa shape index (κ2) is 4.93. The van der Waals surface area contributed by atoms with Crippen molar-refractivity contribution in [1.82, 2.24) is 0 Å². The minimum Gasteiger partial charge on any atom is -0.490 e. The molecule has 0 bridgehead atoms. The number of aromatic carboxylic acids is 1. The summed E-state index contributed by atoms with van der Waals surface area (Å²) in [5.41, 5.74) is 0.673. The van der Waals surface area contributed by atoms with Gasteiger partial charge in [-0.05, 0) is 31.0 Å². The van der Waals surface area contributed by atoms with E-state index in [-0.39, 0.29) is 11.7 Å². The van der Waals surface area contributed by atoms with Crippen LogP contribution in [-0.2, 0) is 4.74 Å². The number of furan rings is 1. The highest BCUT2D eigenvalue weighted by Gasteiger charge is 2.18. The molecular weight excluding hydrogens is 248 g/mol. The fourth-order valence-corrected chi connectivity index (χ4v) is 2.24. The van der Waals surface area contributed by atoms with Gasteiger partial charge in [-0.1, -0.05) is 0 Å². The van der Waals surface area contributed by atoms with Gasteiger partial charge in [0.2, 0.25) is 0 Å². The summed E-state index contributed by atoms with van der Waals surface area (Å²) in [6, 6.07) is 4.79. The van der Waals surface area contributed by atoms with Crippen LogP contribution >= 0.6 is 0 Å². The first kappa shape index (κ1) is 12.0. The summed E-state index contributed by atoms with van der Waals surface area (Å²) in [6.45, 7) is 1.20. The van der Waals surface area contributed by atoms with Gasteiger partial charge in [0.25, 0.3) is 0 Å². The molecule has 1 aliphatic rings. The monoisotopic (exact) mass is 262 g/mol. The van der Waals surface area contributed by atoms with Crippen molar-refractivity contribution in [1.29, 1.82) is 0 Å². The van der Waals surface area contributed by atoms with E-state index in [1.54, 1.807) is 6.07 Å². The molecular formula is C14H14O5. The zero-order chi connectivity index (χ0) is 13.2. The summed E-state index contributed by atoms with van der Waals surface area (Å²) < 4.78 is 16.4. The predicted molar refractivity (Wildman–Crippen MR) is 67.6 cm³/mol. The molecule has 100 valence electrons. The molecule has 1 unspecified atom stereocenters. The first-order valence-electron chi connectivity index (χ1n) is 6.23. The smallest absolute Gasteiger partial charge is 0.335 e. The van der Waals surface area contributed by atoms with Gasteiger partial charge >= 0.3 is 5.97 Å². The summed E-state index contributed by atoms with van der Waals surface area (Å²) in [4.78, 5) is 11.1. The highest BCUT2D eigenvalue weighted by Crippen LogP contribution is 2.29. The third-order valence-electron chi connectivity index (χ3n) is 3.23. The van der Waals surface area contributed by atoms with Crippen molar-refractivity contribution >= 4 is 16.9 Å². The minimum atomic E-state index is -1.000. The Morgan fingerprint density at radius 2 is 2.37 bits per heavy atom. The Morgan fingerprint density at radius 3 is 3.11 bits per heavy atom. The van der Waals surface area contributed by atoms with Crippen LogP contribution < -0.4 is 4.74 Å². The van der Waals surface area contributed by atoms with Gasteiger partial charge in [0, 0.05) is 6.61 Å². The average molecular weight is 262 g/mol. The number of hydrogen-bond donors (Lipinski definition) is 1. The number of carbonyl (C=O) groups is 1. The molecule has 1 aromatic heterocycles. The normalized spacial score (nSPS) is 18.8. The van der Waals surface area contributed by atoms with Gasteiger partial charge in [0.1, 0.15) is 17.9 Å². The topological polar surface area (TPSA) is 68.9 Å². The molecule has 1 saturated heterocycles. The van der Waals surface area contributed by atoms with Gasteiger partial charge in [-0.15, -0.1) is 0 Å². The lowest BCUT2D eigenvalue weighted by atomic mass is 10.1. The maximum absolute atomic E-state index is 11.1. The lowest BCUT2D eigenvalue weighted by molar-refractivity contribution is 0.0676. The summed E-state index contributed by atoms with van der Waals surface area (Å²) in [5.74, 6) is -0.473. The number of benzene rings is 1. The summed E-state index contributed by atoms with van der Waals surface area (Å²) in [6.07, 6.45) is 3.64. The molecule has 1 fully saturated rings. The predicted octanol–water partition coefficient (Wildman–Crippen LogP) is 2.69. The molecule has 3 rings (SSSR count). The molecule has 0 aliphatic carbocycles. The van der Waals surface area contributed by atoms with Crippen LogP contribution in [0.25, 0.3) is 11.0 Å². The molecule has 0 radical (unpaired) electrons. The van der Waals surface area contributed by atoms with E-state index < -0.39 is 5.97 Å². The first-order valence-corrected chi connectivity index (χ1v) is 6.23. The molecule has 0 amide bonds. The van der Waals surface area contributed by atoms with Crippen LogP contribution in [0.2, 0.25) is 0 Å². The van der Waals surface area contributed by atoms with Crippen molar-refractivity contribution < 1.29 is 23.8 Å². The molecule has 2 heterocycles. The SMILES string of the molecule is O=C(O)c1cc(OCC2CCCO2)c2ccoc2c1. The molecule has 2 aromatic rings. The number of carboxylic acid groups (broad SMARTS) is 1. The number of carboxylic acids is 1. The van der Waals surface area contributed by atoms with Crippen molar-refractivity contribution in [2.75, 3.05) is 13.2 Å². The maximum Gasteiger partial charge on any atom is 0.335 e. The molecule has 19 heavy (non-hydrogen) atoms. The third kappa shape index (κ3) is 2.42. The maximum atomic E-state index is 11.1.